The van der Waals surface area contributed by atoms with Crippen LogP contribution in [-0.2, 0) is 4.74 Å². The molecule has 1 aliphatic heterocycles. The summed E-state index contributed by atoms with van der Waals surface area (Å²) in [7, 11) is 2.00. The van der Waals surface area contributed by atoms with Gasteiger partial charge in [-0.2, -0.15) is 0 Å². The molecular weight excluding hydrogens is 237 g/mol. The summed E-state index contributed by atoms with van der Waals surface area (Å²) in [5.74, 6) is -1.05. The van der Waals surface area contributed by atoms with Gasteiger partial charge in [0.2, 0.25) is 0 Å². The molecule has 0 radical (unpaired) electrons. The van der Waals surface area contributed by atoms with Crippen LogP contribution in [0.15, 0.2) is 18.5 Å². The molecule has 0 aliphatic carbocycles. The molecular formula is C12H16FN3O2. The molecule has 0 bridgehead atoms. The van der Waals surface area contributed by atoms with E-state index in [0.29, 0.717) is 13.2 Å². The van der Waals surface area contributed by atoms with Crippen molar-refractivity contribution >= 4 is 5.91 Å². The maximum atomic E-state index is 13.3. The Morgan fingerprint density at radius 3 is 3.28 bits per heavy atom. The van der Waals surface area contributed by atoms with Crippen LogP contribution in [0, 0.1) is 5.82 Å². The first-order valence-electron chi connectivity index (χ1n) is 5.84. The lowest BCUT2D eigenvalue weighted by molar-refractivity contribution is -0.0175. The summed E-state index contributed by atoms with van der Waals surface area (Å²) in [4.78, 5) is 17.5. The van der Waals surface area contributed by atoms with E-state index in [0.717, 1.165) is 19.3 Å². The number of hydrogen-bond acceptors (Lipinski definition) is 4. The second-order valence-corrected chi connectivity index (χ2v) is 4.32. The molecule has 1 aromatic rings. The van der Waals surface area contributed by atoms with Crippen molar-refractivity contribution in [3.8, 4) is 0 Å². The number of nitrogens with zero attached hydrogens (tertiary/aromatic N) is 2. The van der Waals surface area contributed by atoms with Gasteiger partial charge in [-0.15, -0.1) is 0 Å². The summed E-state index contributed by atoms with van der Waals surface area (Å²) < 4.78 is 18.8. The normalized spacial score (nSPS) is 20.7. The number of morpholine rings is 1. The lowest BCUT2D eigenvalue weighted by Crippen LogP contribution is -2.46. The number of ether oxygens (including phenoxy) is 1. The van der Waals surface area contributed by atoms with Crippen molar-refractivity contribution in [3.05, 3.63) is 29.8 Å². The third kappa shape index (κ3) is 3.24. The molecule has 98 valence electrons. The molecule has 5 nitrogen and oxygen atoms in total. The van der Waals surface area contributed by atoms with Crippen molar-refractivity contribution in [2.45, 2.75) is 6.10 Å². The Balaban J connectivity index is 1.87. The highest BCUT2D eigenvalue weighted by Crippen LogP contribution is 2.05. The highest BCUT2D eigenvalue weighted by atomic mass is 19.1. The van der Waals surface area contributed by atoms with Crippen molar-refractivity contribution in [2.24, 2.45) is 0 Å². The predicted molar refractivity (Wildman–Crippen MR) is 63.8 cm³/mol. The van der Waals surface area contributed by atoms with E-state index in [1.54, 1.807) is 0 Å². The Kier molecular flexibility index (Phi) is 4.22. The van der Waals surface area contributed by atoms with E-state index in [9.17, 15) is 9.18 Å². The lowest BCUT2D eigenvalue weighted by Gasteiger charge is -2.30. The van der Waals surface area contributed by atoms with Crippen LogP contribution in [0.3, 0.4) is 0 Å². The highest BCUT2D eigenvalue weighted by Gasteiger charge is 2.19. The average molecular weight is 253 g/mol. The topological polar surface area (TPSA) is 54.5 Å². The fourth-order valence-corrected chi connectivity index (χ4v) is 1.85. The fraction of sp³-hybridized carbons (Fsp3) is 0.500. The van der Waals surface area contributed by atoms with Gasteiger partial charge in [0.25, 0.3) is 5.91 Å². The molecule has 18 heavy (non-hydrogen) atoms. The van der Waals surface area contributed by atoms with Crippen LogP contribution in [0.4, 0.5) is 4.39 Å². The van der Waals surface area contributed by atoms with Crippen LogP contribution in [0.25, 0.3) is 0 Å². The summed E-state index contributed by atoms with van der Waals surface area (Å²) in [6.07, 6.45) is 2.38. The third-order valence-electron chi connectivity index (χ3n) is 2.85. The van der Waals surface area contributed by atoms with Gasteiger partial charge >= 0.3 is 0 Å². The number of aromatic nitrogens is 1. The Bertz CT molecular complexity index is 428. The molecule has 1 unspecified atom stereocenters. The summed E-state index contributed by atoms with van der Waals surface area (Å²) in [5.41, 5.74) is 0.00849. The average Bonchev–Trinajstić information content (AvgIpc) is 2.37. The van der Waals surface area contributed by atoms with Crippen molar-refractivity contribution < 1.29 is 13.9 Å². The molecule has 2 heterocycles. The Morgan fingerprint density at radius 2 is 2.56 bits per heavy atom. The van der Waals surface area contributed by atoms with E-state index in [1.807, 2.05) is 7.05 Å². The first kappa shape index (κ1) is 12.9. The number of carbonyl (C=O) groups excluding carboxylic acids is 1. The first-order valence-corrected chi connectivity index (χ1v) is 5.84. The number of likely N-dealkylation sites (N-methyl/N-ethyl adjacent to an activating group) is 1. The molecule has 0 aromatic carbocycles. The quantitative estimate of drug-likeness (QED) is 0.840. The van der Waals surface area contributed by atoms with Gasteiger partial charge in [0.1, 0.15) is 0 Å². The van der Waals surface area contributed by atoms with Gasteiger partial charge in [0.15, 0.2) is 5.82 Å². The smallest absolute Gasteiger partial charge is 0.254 e. The molecule has 0 saturated carbocycles. The molecule has 1 atom stereocenters. The summed E-state index contributed by atoms with van der Waals surface area (Å²) in [6, 6.07) is 1.36. The van der Waals surface area contributed by atoms with E-state index < -0.39 is 11.7 Å². The number of carbonyl (C=O) groups is 1. The minimum Gasteiger partial charge on any atom is -0.374 e. The first-order chi connectivity index (χ1) is 8.66. The molecule has 1 saturated heterocycles. The molecule has 1 aromatic heterocycles. The summed E-state index contributed by atoms with van der Waals surface area (Å²) in [5, 5.41) is 2.67. The van der Waals surface area contributed by atoms with Gasteiger partial charge in [-0.1, -0.05) is 0 Å². The summed E-state index contributed by atoms with van der Waals surface area (Å²) in [6.45, 7) is 2.69. The summed E-state index contributed by atoms with van der Waals surface area (Å²) >= 11 is 0. The molecule has 1 aliphatic rings. The van der Waals surface area contributed by atoms with Gasteiger partial charge in [0, 0.05) is 25.8 Å². The zero-order chi connectivity index (χ0) is 13.0. The minimum atomic E-state index is -0.614. The van der Waals surface area contributed by atoms with Crippen LogP contribution in [-0.4, -0.2) is 55.2 Å². The van der Waals surface area contributed by atoms with Crippen molar-refractivity contribution in [3.63, 3.8) is 0 Å². The standard InChI is InChI=1S/C12H16FN3O2/c1-16-4-5-18-9(8-16)6-15-12(17)10-2-3-14-7-11(10)13/h2-3,7,9H,4-6,8H2,1H3,(H,15,17). The van der Waals surface area contributed by atoms with Gasteiger partial charge in [-0.25, -0.2) is 4.39 Å². The van der Waals surface area contributed by atoms with Crippen LogP contribution < -0.4 is 5.32 Å². The molecule has 0 spiro atoms. The Morgan fingerprint density at radius 1 is 1.72 bits per heavy atom. The number of halogens is 1. The van der Waals surface area contributed by atoms with E-state index in [1.165, 1.54) is 12.3 Å². The second-order valence-electron chi connectivity index (χ2n) is 4.32. The van der Waals surface area contributed by atoms with Gasteiger partial charge in [0.05, 0.1) is 24.5 Å². The SMILES string of the molecule is CN1CCOC(CNC(=O)c2ccncc2F)C1. The second kappa shape index (κ2) is 5.88. The minimum absolute atomic E-state index is 0.00849. The monoisotopic (exact) mass is 253 g/mol. The van der Waals surface area contributed by atoms with Crippen molar-refractivity contribution in [2.75, 3.05) is 33.3 Å². The maximum absolute atomic E-state index is 13.3. The lowest BCUT2D eigenvalue weighted by atomic mass is 10.2. The largest absolute Gasteiger partial charge is 0.374 e. The van der Waals surface area contributed by atoms with Gasteiger partial charge < -0.3 is 15.0 Å². The van der Waals surface area contributed by atoms with Gasteiger partial charge in [-0.3, -0.25) is 9.78 Å². The van der Waals surface area contributed by atoms with E-state index in [4.69, 9.17) is 4.74 Å². The fourth-order valence-electron chi connectivity index (χ4n) is 1.85. The molecule has 1 N–H and O–H groups in total. The highest BCUT2D eigenvalue weighted by molar-refractivity contribution is 5.94. The number of nitrogens with one attached hydrogen (secondary N) is 1. The van der Waals surface area contributed by atoms with Crippen molar-refractivity contribution in [1.82, 2.24) is 15.2 Å². The number of pyridine rings is 1. The van der Waals surface area contributed by atoms with Crippen molar-refractivity contribution in [1.29, 1.82) is 0 Å². The van der Waals surface area contributed by atoms with Crippen LogP contribution in [0.2, 0.25) is 0 Å². The number of rotatable bonds is 3. The van der Waals surface area contributed by atoms with Crippen LogP contribution in [0.5, 0.6) is 0 Å². The van der Waals surface area contributed by atoms with E-state index in [-0.39, 0.29) is 11.7 Å². The molecule has 1 amide bonds. The molecule has 2 rings (SSSR count). The Labute approximate surface area is 105 Å². The van der Waals surface area contributed by atoms with Crippen LogP contribution >= 0.6 is 0 Å². The zero-order valence-corrected chi connectivity index (χ0v) is 10.2. The van der Waals surface area contributed by atoms with Gasteiger partial charge in [-0.05, 0) is 13.1 Å². The third-order valence-corrected chi connectivity index (χ3v) is 2.85. The number of hydrogen-bond donors (Lipinski definition) is 1. The zero-order valence-electron chi connectivity index (χ0n) is 10.2. The number of amides is 1. The van der Waals surface area contributed by atoms with Crippen LogP contribution in [0.1, 0.15) is 10.4 Å². The Hall–Kier alpha value is -1.53. The predicted octanol–water partition coefficient (Wildman–Crippen LogP) is 0.281. The maximum Gasteiger partial charge on any atom is 0.254 e. The molecule has 6 heteroatoms. The molecule has 1 fully saturated rings. The van der Waals surface area contributed by atoms with E-state index >= 15 is 0 Å². The van der Waals surface area contributed by atoms with E-state index in [2.05, 4.69) is 15.2 Å².